The second kappa shape index (κ2) is 6.94. The van der Waals surface area contributed by atoms with Crippen LogP contribution in [0.1, 0.15) is 29.1 Å². The maximum Gasteiger partial charge on any atom is 0.283 e. The summed E-state index contributed by atoms with van der Waals surface area (Å²) < 4.78 is 0. The molecule has 0 saturated carbocycles. The summed E-state index contributed by atoms with van der Waals surface area (Å²) in [6.07, 6.45) is 1.76. The quantitative estimate of drug-likeness (QED) is 0.412. The number of para-hydroxylation sites is 2. The van der Waals surface area contributed by atoms with Crippen LogP contribution in [0.5, 0.6) is 0 Å². The van der Waals surface area contributed by atoms with Gasteiger partial charge >= 0.3 is 0 Å². The number of hydrogen-bond donors (Lipinski definition) is 2. The molecule has 0 bridgehead atoms. The van der Waals surface area contributed by atoms with Crippen LogP contribution in [-0.4, -0.2) is 27.1 Å². The largest absolute Gasteiger partial charge is 0.342 e. The number of H-pyrrole nitrogens is 1. The van der Waals surface area contributed by atoms with Crippen LogP contribution in [0.3, 0.4) is 0 Å². The molecule has 0 unspecified atom stereocenters. The van der Waals surface area contributed by atoms with Crippen LogP contribution in [0.2, 0.25) is 0 Å². The van der Waals surface area contributed by atoms with Gasteiger partial charge in [0, 0.05) is 11.6 Å². The Kier molecular flexibility index (Phi) is 4.71. The number of rotatable bonds is 5. The van der Waals surface area contributed by atoms with E-state index in [1.165, 1.54) is 17.8 Å². The standard InChI is InChI=1S/C17H16N4O3S/c1-10(16-19-12-5-3-4-6-13(12)20-16)18-17(22)11-7-8-15(25-2)14(9-11)21(23)24/h3-10H,1-2H3,(H,18,22)(H,19,20)/t10-/m0/s1. The Morgan fingerprint density at radius 2 is 2.08 bits per heavy atom. The molecule has 0 aliphatic heterocycles. The number of hydrogen-bond acceptors (Lipinski definition) is 5. The summed E-state index contributed by atoms with van der Waals surface area (Å²) in [6.45, 7) is 1.81. The molecule has 2 N–H and O–H groups in total. The molecule has 7 nitrogen and oxygen atoms in total. The van der Waals surface area contributed by atoms with Gasteiger partial charge in [-0.05, 0) is 37.4 Å². The molecule has 2 aromatic carbocycles. The van der Waals surface area contributed by atoms with Crippen LogP contribution in [-0.2, 0) is 0 Å². The van der Waals surface area contributed by atoms with Gasteiger partial charge in [0.25, 0.3) is 11.6 Å². The Morgan fingerprint density at radius 1 is 1.32 bits per heavy atom. The molecule has 128 valence electrons. The predicted octanol–water partition coefficient (Wildman–Crippen LogP) is 3.68. The first-order chi connectivity index (χ1) is 12.0. The maximum absolute atomic E-state index is 12.4. The van der Waals surface area contributed by atoms with E-state index in [0.29, 0.717) is 10.7 Å². The van der Waals surface area contributed by atoms with Gasteiger partial charge in [0.05, 0.1) is 26.9 Å². The molecular formula is C17H16N4O3S. The minimum atomic E-state index is -0.481. The summed E-state index contributed by atoms with van der Waals surface area (Å²) >= 11 is 1.27. The monoisotopic (exact) mass is 356 g/mol. The number of benzene rings is 2. The number of amides is 1. The number of fused-ring (bicyclic) bond motifs is 1. The molecule has 0 spiro atoms. The highest BCUT2D eigenvalue weighted by atomic mass is 32.2. The third kappa shape index (κ3) is 3.48. The first-order valence-corrected chi connectivity index (χ1v) is 8.80. The van der Waals surface area contributed by atoms with Crippen molar-refractivity contribution in [3.63, 3.8) is 0 Å². The van der Waals surface area contributed by atoms with E-state index in [4.69, 9.17) is 0 Å². The van der Waals surface area contributed by atoms with Gasteiger partial charge < -0.3 is 10.3 Å². The van der Waals surface area contributed by atoms with Crippen LogP contribution in [0.15, 0.2) is 47.4 Å². The van der Waals surface area contributed by atoms with E-state index in [0.717, 1.165) is 11.0 Å². The van der Waals surface area contributed by atoms with E-state index < -0.39 is 4.92 Å². The minimum Gasteiger partial charge on any atom is -0.342 e. The first kappa shape index (κ1) is 17.0. The zero-order valence-electron chi connectivity index (χ0n) is 13.6. The van der Waals surface area contributed by atoms with Gasteiger partial charge in [-0.1, -0.05) is 12.1 Å². The van der Waals surface area contributed by atoms with Gasteiger partial charge in [-0.2, -0.15) is 0 Å². The zero-order valence-corrected chi connectivity index (χ0v) is 14.5. The Labute approximate surface area is 148 Å². The molecule has 0 fully saturated rings. The molecule has 25 heavy (non-hydrogen) atoms. The second-order valence-electron chi connectivity index (χ2n) is 5.48. The Balaban J connectivity index is 1.81. The van der Waals surface area contributed by atoms with Gasteiger partial charge in [-0.15, -0.1) is 11.8 Å². The predicted molar refractivity (Wildman–Crippen MR) is 96.9 cm³/mol. The normalized spacial score (nSPS) is 12.1. The SMILES string of the molecule is CSc1ccc(C(=O)N[C@@H](C)c2nc3ccccc3[nH]2)cc1[N+](=O)[O-]. The zero-order chi connectivity index (χ0) is 18.0. The molecule has 1 atom stereocenters. The van der Waals surface area contributed by atoms with Crippen molar-refractivity contribution in [2.75, 3.05) is 6.26 Å². The number of imidazole rings is 1. The average Bonchev–Trinajstić information content (AvgIpc) is 3.05. The number of nitro groups is 1. The lowest BCUT2D eigenvalue weighted by molar-refractivity contribution is -0.387. The van der Waals surface area contributed by atoms with E-state index in [-0.39, 0.29) is 23.2 Å². The number of thioether (sulfide) groups is 1. The van der Waals surface area contributed by atoms with Crippen molar-refractivity contribution in [3.05, 3.63) is 64.0 Å². The maximum atomic E-state index is 12.4. The fourth-order valence-corrected chi connectivity index (χ4v) is 3.05. The number of aromatic nitrogens is 2. The second-order valence-corrected chi connectivity index (χ2v) is 6.33. The number of nitrogens with zero attached hydrogens (tertiary/aromatic N) is 2. The van der Waals surface area contributed by atoms with Gasteiger partial charge in [0.15, 0.2) is 0 Å². The summed E-state index contributed by atoms with van der Waals surface area (Å²) in [6, 6.07) is 11.7. The Morgan fingerprint density at radius 3 is 2.76 bits per heavy atom. The van der Waals surface area contributed by atoms with E-state index in [1.54, 1.807) is 25.3 Å². The van der Waals surface area contributed by atoms with Gasteiger partial charge in [0.2, 0.25) is 0 Å². The molecule has 1 amide bonds. The molecule has 0 aliphatic carbocycles. The fraction of sp³-hybridized carbons (Fsp3) is 0.176. The number of nitro benzene ring substituents is 1. The molecule has 0 saturated heterocycles. The molecule has 3 rings (SSSR count). The van der Waals surface area contributed by atoms with Crippen molar-refractivity contribution >= 4 is 34.4 Å². The van der Waals surface area contributed by atoms with Crippen molar-refractivity contribution in [3.8, 4) is 0 Å². The van der Waals surface area contributed by atoms with Gasteiger partial charge in [-0.3, -0.25) is 14.9 Å². The van der Waals surface area contributed by atoms with Crippen molar-refractivity contribution in [2.24, 2.45) is 0 Å². The summed E-state index contributed by atoms with van der Waals surface area (Å²) in [4.78, 5) is 31.2. The topological polar surface area (TPSA) is 101 Å². The van der Waals surface area contributed by atoms with Crippen LogP contribution in [0.4, 0.5) is 5.69 Å². The van der Waals surface area contributed by atoms with Crippen LogP contribution >= 0.6 is 11.8 Å². The van der Waals surface area contributed by atoms with E-state index in [1.807, 2.05) is 24.3 Å². The lowest BCUT2D eigenvalue weighted by Gasteiger charge is -2.11. The van der Waals surface area contributed by atoms with E-state index >= 15 is 0 Å². The Hall–Kier alpha value is -2.87. The van der Waals surface area contributed by atoms with Crippen LogP contribution in [0.25, 0.3) is 11.0 Å². The third-order valence-electron chi connectivity index (χ3n) is 3.80. The molecule has 1 aromatic heterocycles. The smallest absolute Gasteiger partial charge is 0.283 e. The Bertz CT molecular complexity index is 921. The molecule has 0 radical (unpaired) electrons. The van der Waals surface area contributed by atoms with Gasteiger partial charge in [-0.25, -0.2) is 4.98 Å². The summed E-state index contributed by atoms with van der Waals surface area (Å²) in [5.41, 5.74) is 1.88. The third-order valence-corrected chi connectivity index (χ3v) is 4.59. The van der Waals surface area contributed by atoms with Crippen molar-refractivity contribution in [1.82, 2.24) is 15.3 Å². The summed E-state index contributed by atoms with van der Waals surface area (Å²) in [5.74, 6) is 0.244. The van der Waals surface area contributed by atoms with Crippen molar-refractivity contribution in [1.29, 1.82) is 0 Å². The van der Waals surface area contributed by atoms with Crippen molar-refractivity contribution in [2.45, 2.75) is 17.9 Å². The number of carbonyl (C=O) groups excluding carboxylic acids is 1. The molecule has 3 aromatic rings. The summed E-state index contributed by atoms with van der Waals surface area (Å²) in [7, 11) is 0. The molecule has 8 heteroatoms. The van der Waals surface area contributed by atoms with E-state index in [2.05, 4.69) is 15.3 Å². The highest BCUT2D eigenvalue weighted by molar-refractivity contribution is 7.98. The lowest BCUT2D eigenvalue weighted by atomic mass is 10.1. The highest BCUT2D eigenvalue weighted by Crippen LogP contribution is 2.28. The van der Waals surface area contributed by atoms with Crippen LogP contribution < -0.4 is 5.32 Å². The number of nitrogens with one attached hydrogen (secondary N) is 2. The van der Waals surface area contributed by atoms with E-state index in [9.17, 15) is 14.9 Å². The lowest BCUT2D eigenvalue weighted by Crippen LogP contribution is -2.27. The van der Waals surface area contributed by atoms with Crippen molar-refractivity contribution < 1.29 is 9.72 Å². The van der Waals surface area contributed by atoms with Crippen LogP contribution in [0, 0.1) is 10.1 Å². The first-order valence-electron chi connectivity index (χ1n) is 7.57. The number of aromatic amines is 1. The number of carbonyl (C=O) groups is 1. The van der Waals surface area contributed by atoms with Gasteiger partial charge in [0.1, 0.15) is 5.82 Å². The summed E-state index contributed by atoms with van der Waals surface area (Å²) in [5, 5.41) is 14.0. The molecule has 0 aliphatic rings. The fourth-order valence-electron chi connectivity index (χ4n) is 2.50. The molecular weight excluding hydrogens is 340 g/mol. The molecule has 1 heterocycles. The minimum absolute atomic E-state index is 0.0726. The average molecular weight is 356 g/mol. The highest BCUT2D eigenvalue weighted by Gasteiger charge is 2.19.